The molecule has 0 amide bonds. The first-order chi connectivity index (χ1) is 8.65. The highest BCUT2D eigenvalue weighted by Gasteiger charge is 2.05. The number of hydrogen-bond acceptors (Lipinski definition) is 0. The van der Waals surface area contributed by atoms with Crippen LogP contribution in [0.5, 0.6) is 0 Å². The molecule has 0 aliphatic carbocycles. The Morgan fingerprint density at radius 3 is 1.39 bits per heavy atom. The minimum absolute atomic E-state index is 0.911. The van der Waals surface area contributed by atoms with Gasteiger partial charge >= 0.3 is 0 Å². The van der Waals surface area contributed by atoms with Crippen molar-refractivity contribution in [1.29, 1.82) is 0 Å². The lowest BCUT2D eigenvalue weighted by Gasteiger charge is -2.10. The second-order valence-electron chi connectivity index (χ2n) is 4.35. The maximum absolute atomic E-state index is 5.40. The summed E-state index contributed by atoms with van der Waals surface area (Å²) in [6, 6.07) is 12.1. The molecule has 2 rings (SSSR count). The summed E-state index contributed by atoms with van der Waals surface area (Å²) in [4.78, 5) is 0. The number of aryl methyl sites for hydroxylation is 2. The summed E-state index contributed by atoms with van der Waals surface area (Å²) in [5, 5.41) is 0. The van der Waals surface area contributed by atoms with E-state index in [-0.39, 0.29) is 0 Å². The molecule has 0 saturated carbocycles. The maximum atomic E-state index is 5.40. The standard InChI is InChI=1S/C18H14/c1-5-15-7-9-17(13(3)11-15)18-10-8-16(6-2)12-14(18)4/h1-2,7-12H,3-4H3. The van der Waals surface area contributed by atoms with E-state index >= 15 is 0 Å². The molecule has 2 aromatic rings. The predicted molar refractivity (Wildman–Crippen MR) is 77.2 cm³/mol. The molecule has 0 heterocycles. The molecule has 0 aromatic heterocycles. The molecule has 2 aromatic carbocycles. The van der Waals surface area contributed by atoms with Gasteiger partial charge in [-0.2, -0.15) is 0 Å². The van der Waals surface area contributed by atoms with Gasteiger partial charge in [0.2, 0.25) is 0 Å². The van der Waals surface area contributed by atoms with E-state index in [4.69, 9.17) is 12.8 Å². The highest BCUT2D eigenvalue weighted by Crippen LogP contribution is 2.27. The Kier molecular flexibility index (Phi) is 3.22. The maximum Gasteiger partial charge on any atom is 0.0245 e. The van der Waals surface area contributed by atoms with Crippen LogP contribution in [0.15, 0.2) is 36.4 Å². The molecule has 0 heteroatoms. The Balaban J connectivity index is 2.57. The molecular formula is C18H14. The molecule has 0 nitrogen and oxygen atoms in total. The van der Waals surface area contributed by atoms with Gasteiger partial charge in [-0.1, -0.05) is 24.0 Å². The first kappa shape index (κ1) is 12.0. The number of hydrogen-bond donors (Lipinski definition) is 0. The van der Waals surface area contributed by atoms with E-state index in [2.05, 4.69) is 37.8 Å². The summed E-state index contributed by atoms with van der Waals surface area (Å²) in [5.41, 5.74) is 6.59. The smallest absolute Gasteiger partial charge is 0.0245 e. The second-order valence-corrected chi connectivity index (χ2v) is 4.35. The van der Waals surface area contributed by atoms with Crippen LogP contribution in [0.1, 0.15) is 22.3 Å². The van der Waals surface area contributed by atoms with Gasteiger partial charge in [-0.25, -0.2) is 0 Å². The van der Waals surface area contributed by atoms with Crippen LogP contribution < -0.4 is 0 Å². The average molecular weight is 230 g/mol. The van der Waals surface area contributed by atoms with Gasteiger partial charge in [0.15, 0.2) is 0 Å². The van der Waals surface area contributed by atoms with E-state index in [1.54, 1.807) is 0 Å². The van der Waals surface area contributed by atoms with Crippen LogP contribution in [0.25, 0.3) is 11.1 Å². The highest BCUT2D eigenvalue weighted by molar-refractivity contribution is 5.72. The van der Waals surface area contributed by atoms with E-state index < -0.39 is 0 Å². The summed E-state index contributed by atoms with van der Waals surface area (Å²) in [6.07, 6.45) is 10.8. The third-order valence-corrected chi connectivity index (χ3v) is 3.08. The van der Waals surface area contributed by atoms with E-state index in [9.17, 15) is 0 Å². The lowest BCUT2D eigenvalue weighted by Crippen LogP contribution is -1.89. The summed E-state index contributed by atoms with van der Waals surface area (Å²) < 4.78 is 0. The van der Waals surface area contributed by atoms with Gasteiger partial charge in [0.1, 0.15) is 0 Å². The minimum atomic E-state index is 0.911. The summed E-state index contributed by atoms with van der Waals surface area (Å²) >= 11 is 0. The molecule has 0 N–H and O–H groups in total. The molecule has 0 aliphatic rings. The third kappa shape index (κ3) is 2.15. The summed E-state index contributed by atoms with van der Waals surface area (Å²) in [5.74, 6) is 5.31. The third-order valence-electron chi connectivity index (χ3n) is 3.08. The van der Waals surface area contributed by atoms with Crippen LogP contribution in [0.4, 0.5) is 0 Å². The molecule has 0 radical (unpaired) electrons. The van der Waals surface area contributed by atoms with Crippen LogP contribution >= 0.6 is 0 Å². The zero-order valence-electron chi connectivity index (χ0n) is 10.6. The minimum Gasteiger partial charge on any atom is -0.115 e. The lowest BCUT2D eigenvalue weighted by atomic mass is 9.94. The quantitative estimate of drug-likeness (QED) is 0.651. The zero-order valence-corrected chi connectivity index (χ0v) is 10.6. The van der Waals surface area contributed by atoms with Crippen molar-refractivity contribution in [2.75, 3.05) is 0 Å². The van der Waals surface area contributed by atoms with Crippen LogP contribution in [0.2, 0.25) is 0 Å². The van der Waals surface area contributed by atoms with E-state index in [0.29, 0.717) is 0 Å². The van der Waals surface area contributed by atoms with Crippen LogP contribution in [0.3, 0.4) is 0 Å². The predicted octanol–water partition coefficient (Wildman–Crippen LogP) is 3.93. The Labute approximate surface area is 109 Å². The Morgan fingerprint density at radius 1 is 0.722 bits per heavy atom. The monoisotopic (exact) mass is 230 g/mol. The van der Waals surface area contributed by atoms with Crippen molar-refractivity contribution in [2.24, 2.45) is 0 Å². The number of rotatable bonds is 1. The van der Waals surface area contributed by atoms with Crippen molar-refractivity contribution >= 4 is 0 Å². The van der Waals surface area contributed by atoms with Crippen molar-refractivity contribution in [3.8, 4) is 35.8 Å². The van der Waals surface area contributed by atoms with Gasteiger partial charge in [-0.15, -0.1) is 12.8 Å². The Hall–Kier alpha value is -2.44. The van der Waals surface area contributed by atoms with Crippen LogP contribution in [-0.2, 0) is 0 Å². The molecule has 0 saturated heterocycles. The fourth-order valence-electron chi connectivity index (χ4n) is 2.11. The Morgan fingerprint density at radius 2 is 1.11 bits per heavy atom. The van der Waals surface area contributed by atoms with Gasteiger partial charge in [0.25, 0.3) is 0 Å². The van der Waals surface area contributed by atoms with Gasteiger partial charge in [-0.05, 0) is 60.4 Å². The molecule has 0 unspecified atom stereocenters. The molecule has 0 bridgehead atoms. The number of benzene rings is 2. The molecular weight excluding hydrogens is 216 g/mol. The topological polar surface area (TPSA) is 0 Å². The molecule has 86 valence electrons. The van der Waals surface area contributed by atoms with Gasteiger partial charge in [0, 0.05) is 11.1 Å². The molecule has 0 spiro atoms. The fraction of sp³-hybridized carbons (Fsp3) is 0.111. The van der Waals surface area contributed by atoms with Crippen LogP contribution in [0, 0.1) is 38.5 Å². The first-order valence-corrected chi connectivity index (χ1v) is 5.80. The van der Waals surface area contributed by atoms with E-state index in [0.717, 1.165) is 11.1 Å². The van der Waals surface area contributed by atoms with Crippen molar-refractivity contribution in [1.82, 2.24) is 0 Å². The summed E-state index contributed by atoms with van der Waals surface area (Å²) in [6.45, 7) is 4.15. The van der Waals surface area contributed by atoms with Gasteiger partial charge in [0.05, 0.1) is 0 Å². The molecule has 0 atom stereocenters. The first-order valence-electron chi connectivity index (χ1n) is 5.80. The number of terminal acetylenes is 2. The second kappa shape index (κ2) is 4.82. The average Bonchev–Trinajstić information content (AvgIpc) is 2.39. The van der Waals surface area contributed by atoms with E-state index in [1.807, 2.05) is 24.3 Å². The highest BCUT2D eigenvalue weighted by atomic mass is 14.1. The Bertz CT molecular complexity index is 615. The van der Waals surface area contributed by atoms with Gasteiger partial charge < -0.3 is 0 Å². The van der Waals surface area contributed by atoms with E-state index in [1.165, 1.54) is 22.3 Å². The largest absolute Gasteiger partial charge is 0.115 e. The molecule has 0 fully saturated rings. The van der Waals surface area contributed by atoms with Crippen molar-refractivity contribution in [3.05, 3.63) is 58.7 Å². The molecule has 0 aliphatic heterocycles. The van der Waals surface area contributed by atoms with Crippen molar-refractivity contribution in [2.45, 2.75) is 13.8 Å². The normalized spacial score (nSPS) is 9.56. The summed E-state index contributed by atoms with van der Waals surface area (Å²) in [7, 11) is 0. The van der Waals surface area contributed by atoms with Crippen molar-refractivity contribution in [3.63, 3.8) is 0 Å². The molecule has 18 heavy (non-hydrogen) atoms. The van der Waals surface area contributed by atoms with Gasteiger partial charge in [-0.3, -0.25) is 0 Å². The zero-order chi connectivity index (χ0) is 13.1. The van der Waals surface area contributed by atoms with Crippen molar-refractivity contribution < 1.29 is 0 Å². The van der Waals surface area contributed by atoms with Crippen LogP contribution in [-0.4, -0.2) is 0 Å². The fourth-order valence-corrected chi connectivity index (χ4v) is 2.11. The lowest BCUT2D eigenvalue weighted by molar-refractivity contribution is 1.39. The SMILES string of the molecule is C#Cc1ccc(-c2ccc(C#C)cc2C)c(C)c1.